The molecule has 1 aromatic carbocycles. The van der Waals surface area contributed by atoms with E-state index in [1.165, 1.54) is 0 Å². The van der Waals surface area contributed by atoms with Gasteiger partial charge in [0, 0.05) is 13.1 Å². The molecule has 0 saturated carbocycles. The van der Waals surface area contributed by atoms with E-state index in [1.54, 1.807) is 6.20 Å². The van der Waals surface area contributed by atoms with Crippen molar-refractivity contribution in [2.24, 2.45) is 0 Å². The summed E-state index contributed by atoms with van der Waals surface area (Å²) in [6.07, 6.45) is 2.54. The van der Waals surface area contributed by atoms with Gasteiger partial charge in [0.2, 0.25) is 5.95 Å². The molecule has 0 spiro atoms. The van der Waals surface area contributed by atoms with Crippen LogP contribution in [0.15, 0.2) is 30.5 Å². The minimum Gasteiger partial charge on any atom is -0.491 e. The number of hydrogen-bond acceptors (Lipinski definition) is 5. The summed E-state index contributed by atoms with van der Waals surface area (Å²) >= 11 is 6.31. The van der Waals surface area contributed by atoms with E-state index in [-0.39, 0.29) is 0 Å². The van der Waals surface area contributed by atoms with E-state index in [4.69, 9.17) is 16.3 Å². The molecule has 1 N–H and O–H groups in total. The standard InChI is InChI=1S/C15H17ClN4O/c1-2-17-15-18-10-11(16)14(19-15)20-8-5-9-21-13-7-4-3-6-12(13)20/h3-4,6-7,10H,2,5,8-9H2,1H3,(H,17,18,19). The Morgan fingerprint density at radius 2 is 2.24 bits per heavy atom. The van der Waals surface area contributed by atoms with Crippen LogP contribution in [0.1, 0.15) is 13.3 Å². The average molecular weight is 305 g/mol. The lowest BCUT2D eigenvalue weighted by atomic mass is 10.2. The number of ether oxygens (including phenoxy) is 1. The van der Waals surface area contributed by atoms with Gasteiger partial charge in [-0.15, -0.1) is 0 Å². The molecule has 0 amide bonds. The van der Waals surface area contributed by atoms with E-state index in [9.17, 15) is 0 Å². The lowest BCUT2D eigenvalue weighted by Gasteiger charge is -2.23. The zero-order chi connectivity index (χ0) is 14.7. The van der Waals surface area contributed by atoms with Crippen molar-refractivity contribution in [3.05, 3.63) is 35.5 Å². The van der Waals surface area contributed by atoms with Gasteiger partial charge >= 0.3 is 0 Å². The minimum absolute atomic E-state index is 0.536. The Balaban J connectivity index is 2.05. The van der Waals surface area contributed by atoms with Crippen molar-refractivity contribution in [1.82, 2.24) is 9.97 Å². The van der Waals surface area contributed by atoms with Crippen molar-refractivity contribution in [1.29, 1.82) is 0 Å². The molecule has 21 heavy (non-hydrogen) atoms. The number of benzene rings is 1. The number of para-hydroxylation sites is 2. The Hall–Kier alpha value is -2.01. The first-order valence-electron chi connectivity index (χ1n) is 7.05. The molecule has 0 radical (unpaired) electrons. The second kappa shape index (κ2) is 6.18. The van der Waals surface area contributed by atoms with Crippen molar-refractivity contribution in [2.45, 2.75) is 13.3 Å². The zero-order valence-electron chi connectivity index (χ0n) is 11.8. The fraction of sp³-hybridized carbons (Fsp3) is 0.333. The monoisotopic (exact) mass is 304 g/mol. The lowest BCUT2D eigenvalue weighted by molar-refractivity contribution is 0.322. The van der Waals surface area contributed by atoms with Crippen LogP contribution in [0.25, 0.3) is 0 Å². The van der Waals surface area contributed by atoms with Gasteiger partial charge in [0.25, 0.3) is 0 Å². The molecule has 1 aliphatic heterocycles. The first kappa shape index (κ1) is 13.9. The number of hydrogen-bond donors (Lipinski definition) is 1. The highest BCUT2D eigenvalue weighted by Crippen LogP contribution is 2.37. The van der Waals surface area contributed by atoms with E-state index in [0.29, 0.717) is 23.4 Å². The van der Waals surface area contributed by atoms with E-state index in [0.717, 1.165) is 30.9 Å². The molecular formula is C15H17ClN4O. The smallest absolute Gasteiger partial charge is 0.224 e. The maximum atomic E-state index is 6.31. The second-order valence-electron chi connectivity index (χ2n) is 4.72. The van der Waals surface area contributed by atoms with Crippen LogP contribution in [-0.2, 0) is 0 Å². The van der Waals surface area contributed by atoms with Gasteiger partial charge in [0.05, 0.1) is 18.5 Å². The maximum Gasteiger partial charge on any atom is 0.224 e. The predicted octanol–water partition coefficient (Wildman–Crippen LogP) is 3.48. The summed E-state index contributed by atoms with van der Waals surface area (Å²) in [5.74, 6) is 2.15. The highest BCUT2D eigenvalue weighted by molar-refractivity contribution is 6.33. The number of halogens is 1. The number of anilines is 3. The molecule has 2 heterocycles. The molecule has 1 aliphatic rings. The molecular weight excluding hydrogens is 288 g/mol. The third-order valence-corrected chi connectivity index (χ3v) is 3.52. The summed E-state index contributed by atoms with van der Waals surface area (Å²) < 4.78 is 5.77. The van der Waals surface area contributed by atoms with Crippen LogP contribution < -0.4 is 15.0 Å². The quantitative estimate of drug-likeness (QED) is 0.941. The van der Waals surface area contributed by atoms with E-state index in [2.05, 4.69) is 20.2 Å². The Morgan fingerprint density at radius 3 is 3.10 bits per heavy atom. The van der Waals surface area contributed by atoms with Gasteiger partial charge in [-0.25, -0.2) is 4.98 Å². The maximum absolute atomic E-state index is 6.31. The van der Waals surface area contributed by atoms with Crippen LogP contribution in [0.5, 0.6) is 5.75 Å². The molecule has 0 aliphatic carbocycles. The van der Waals surface area contributed by atoms with Gasteiger partial charge in [-0.1, -0.05) is 23.7 Å². The fourth-order valence-corrected chi connectivity index (χ4v) is 2.53. The number of nitrogens with zero attached hydrogens (tertiary/aromatic N) is 3. The summed E-state index contributed by atoms with van der Waals surface area (Å²) in [6, 6.07) is 7.94. The zero-order valence-corrected chi connectivity index (χ0v) is 12.6. The molecule has 6 heteroatoms. The first-order valence-corrected chi connectivity index (χ1v) is 7.43. The van der Waals surface area contributed by atoms with E-state index in [1.807, 2.05) is 31.2 Å². The normalized spacial score (nSPS) is 14.1. The van der Waals surface area contributed by atoms with E-state index < -0.39 is 0 Å². The molecule has 110 valence electrons. The molecule has 1 aromatic heterocycles. The van der Waals surface area contributed by atoms with E-state index >= 15 is 0 Å². The first-order chi connectivity index (χ1) is 10.3. The molecule has 5 nitrogen and oxygen atoms in total. The number of nitrogens with one attached hydrogen (secondary N) is 1. The van der Waals surface area contributed by atoms with Crippen molar-refractivity contribution < 1.29 is 4.74 Å². The fourth-order valence-electron chi connectivity index (χ4n) is 2.34. The number of aromatic nitrogens is 2. The van der Waals surface area contributed by atoms with Crippen LogP contribution >= 0.6 is 11.6 Å². The highest BCUT2D eigenvalue weighted by Gasteiger charge is 2.21. The lowest BCUT2D eigenvalue weighted by Crippen LogP contribution is -2.20. The van der Waals surface area contributed by atoms with Crippen molar-refractivity contribution in [2.75, 3.05) is 29.9 Å². The summed E-state index contributed by atoms with van der Waals surface area (Å²) in [7, 11) is 0. The van der Waals surface area contributed by atoms with Gasteiger partial charge in [-0.05, 0) is 25.5 Å². The number of fused-ring (bicyclic) bond motifs is 1. The van der Waals surface area contributed by atoms with Gasteiger partial charge in [-0.2, -0.15) is 4.98 Å². The van der Waals surface area contributed by atoms with Crippen molar-refractivity contribution in [3.8, 4) is 5.75 Å². The molecule has 0 atom stereocenters. The average Bonchev–Trinajstić information content (AvgIpc) is 2.72. The second-order valence-corrected chi connectivity index (χ2v) is 5.12. The van der Waals surface area contributed by atoms with Gasteiger partial charge in [0.1, 0.15) is 10.8 Å². The molecule has 0 saturated heterocycles. The summed E-state index contributed by atoms with van der Waals surface area (Å²) in [5, 5.41) is 3.65. The molecule has 3 rings (SSSR count). The van der Waals surface area contributed by atoms with Crippen LogP contribution in [0, 0.1) is 0 Å². The largest absolute Gasteiger partial charge is 0.491 e. The molecule has 0 bridgehead atoms. The third-order valence-electron chi connectivity index (χ3n) is 3.26. The Labute approximate surface area is 128 Å². The van der Waals surface area contributed by atoms with Gasteiger partial charge < -0.3 is 15.0 Å². The number of rotatable bonds is 3. The van der Waals surface area contributed by atoms with Gasteiger partial charge in [0.15, 0.2) is 5.82 Å². The predicted molar refractivity (Wildman–Crippen MR) is 84.8 cm³/mol. The third kappa shape index (κ3) is 2.88. The summed E-state index contributed by atoms with van der Waals surface area (Å²) in [4.78, 5) is 10.8. The van der Waals surface area contributed by atoms with Crippen LogP contribution in [0.4, 0.5) is 17.5 Å². The van der Waals surface area contributed by atoms with Gasteiger partial charge in [-0.3, -0.25) is 0 Å². The SMILES string of the molecule is CCNc1ncc(Cl)c(N2CCCOc3ccccc32)n1. The molecule has 0 unspecified atom stereocenters. The Morgan fingerprint density at radius 1 is 1.38 bits per heavy atom. The Bertz CT molecular complexity index is 635. The molecule has 0 fully saturated rings. The van der Waals surface area contributed by atoms with Crippen LogP contribution in [-0.4, -0.2) is 29.7 Å². The molecule has 2 aromatic rings. The minimum atomic E-state index is 0.536. The summed E-state index contributed by atoms with van der Waals surface area (Å²) in [6.45, 7) is 4.27. The highest BCUT2D eigenvalue weighted by atomic mass is 35.5. The topological polar surface area (TPSA) is 50.3 Å². The Kier molecular flexibility index (Phi) is 4.10. The van der Waals surface area contributed by atoms with Crippen molar-refractivity contribution >= 4 is 29.1 Å². The summed E-state index contributed by atoms with van der Waals surface area (Å²) in [5.41, 5.74) is 0.984. The van der Waals surface area contributed by atoms with Crippen LogP contribution in [0.3, 0.4) is 0 Å². The van der Waals surface area contributed by atoms with Crippen LogP contribution in [0.2, 0.25) is 5.02 Å². The van der Waals surface area contributed by atoms with Crippen molar-refractivity contribution in [3.63, 3.8) is 0 Å².